The molecule has 0 N–H and O–H groups in total. The summed E-state index contributed by atoms with van der Waals surface area (Å²) in [6.07, 6.45) is 5.34. The lowest BCUT2D eigenvalue weighted by Gasteiger charge is -2.27. The Hall–Kier alpha value is -0.760. The highest BCUT2D eigenvalue weighted by Crippen LogP contribution is 2.28. The van der Waals surface area contributed by atoms with Gasteiger partial charge in [-0.3, -0.25) is 0 Å². The van der Waals surface area contributed by atoms with Crippen molar-refractivity contribution in [3.63, 3.8) is 0 Å². The minimum atomic E-state index is -4.50. The summed E-state index contributed by atoms with van der Waals surface area (Å²) in [6.45, 7) is 1.64. The number of rotatable bonds is 7. The van der Waals surface area contributed by atoms with Crippen molar-refractivity contribution in [1.82, 2.24) is 3.71 Å². The molecule has 0 aromatic heterocycles. The second-order valence-corrected chi connectivity index (χ2v) is 8.70. The predicted octanol–water partition coefficient (Wildman–Crippen LogP) is 1.33. The summed E-state index contributed by atoms with van der Waals surface area (Å²) in [5.74, 6) is 0. The third-order valence-electron chi connectivity index (χ3n) is 3.36. The van der Waals surface area contributed by atoms with Gasteiger partial charge in [0.05, 0.1) is 5.25 Å². The van der Waals surface area contributed by atoms with E-state index in [1.165, 1.54) is 0 Å². The standard InChI is InChI=1S/C11H20N2O5S2/c1-2-3-9-13(20(17,18)12-10-14)19(15,16)11-7-5-4-6-8-11/h11H,2-9H2,1H3. The number of sulfonamides is 1. The summed E-state index contributed by atoms with van der Waals surface area (Å²) in [5, 5.41) is -0.704. The molecule has 0 saturated heterocycles. The van der Waals surface area contributed by atoms with E-state index in [2.05, 4.69) is 4.40 Å². The van der Waals surface area contributed by atoms with Crippen molar-refractivity contribution in [1.29, 1.82) is 0 Å². The molecule has 20 heavy (non-hydrogen) atoms. The van der Waals surface area contributed by atoms with E-state index >= 15 is 0 Å². The van der Waals surface area contributed by atoms with E-state index in [1.807, 2.05) is 6.92 Å². The van der Waals surface area contributed by atoms with Crippen LogP contribution in [0.3, 0.4) is 0 Å². The molecule has 0 atom stereocenters. The van der Waals surface area contributed by atoms with E-state index in [1.54, 1.807) is 0 Å². The van der Waals surface area contributed by atoms with Crippen LogP contribution < -0.4 is 0 Å². The first-order valence-electron chi connectivity index (χ1n) is 6.72. The highest BCUT2D eigenvalue weighted by Gasteiger charge is 2.39. The minimum Gasteiger partial charge on any atom is -0.211 e. The van der Waals surface area contributed by atoms with E-state index in [0.717, 1.165) is 25.3 Å². The van der Waals surface area contributed by atoms with E-state index < -0.39 is 25.5 Å². The number of nitrogens with zero attached hydrogens (tertiary/aromatic N) is 2. The predicted molar refractivity (Wildman–Crippen MR) is 74.4 cm³/mol. The van der Waals surface area contributed by atoms with Crippen molar-refractivity contribution < 1.29 is 21.6 Å². The second-order valence-electron chi connectivity index (χ2n) is 4.82. The Bertz CT molecular complexity index is 558. The molecule has 116 valence electrons. The van der Waals surface area contributed by atoms with Gasteiger partial charge < -0.3 is 0 Å². The van der Waals surface area contributed by atoms with Crippen molar-refractivity contribution in [2.24, 2.45) is 4.40 Å². The minimum absolute atomic E-state index is 0.178. The molecule has 0 bridgehead atoms. The molecule has 0 heterocycles. The number of carbonyl (C=O) groups excluding carboxylic acids is 1. The summed E-state index contributed by atoms with van der Waals surface area (Å²) in [5.41, 5.74) is 0. The number of isocyanates is 1. The smallest absolute Gasteiger partial charge is 0.211 e. The van der Waals surface area contributed by atoms with Crippen LogP contribution in [0.2, 0.25) is 0 Å². The molecule has 0 aromatic rings. The summed E-state index contributed by atoms with van der Waals surface area (Å²) in [6, 6.07) is 0. The van der Waals surface area contributed by atoms with Gasteiger partial charge in [-0.15, -0.1) is 0 Å². The number of hydrogen-bond acceptors (Lipinski definition) is 5. The molecule has 0 spiro atoms. The third-order valence-corrected chi connectivity index (χ3v) is 7.62. The maximum atomic E-state index is 12.5. The first-order valence-corrected chi connectivity index (χ1v) is 9.62. The van der Waals surface area contributed by atoms with E-state index in [9.17, 15) is 21.6 Å². The Kier molecular flexibility index (Phi) is 6.32. The Morgan fingerprint density at radius 3 is 2.25 bits per heavy atom. The molecule has 9 heteroatoms. The lowest BCUT2D eigenvalue weighted by atomic mass is 10.0. The average Bonchev–Trinajstić information content (AvgIpc) is 2.39. The molecule has 0 aliphatic heterocycles. The molecule has 1 aliphatic carbocycles. The van der Waals surface area contributed by atoms with E-state index in [0.29, 0.717) is 29.4 Å². The summed E-state index contributed by atoms with van der Waals surface area (Å²) >= 11 is 0. The zero-order valence-electron chi connectivity index (χ0n) is 11.5. The van der Waals surface area contributed by atoms with Gasteiger partial charge >= 0.3 is 10.2 Å². The van der Waals surface area contributed by atoms with Crippen LogP contribution in [0.15, 0.2) is 4.40 Å². The molecule has 1 saturated carbocycles. The Labute approximate surface area is 120 Å². The van der Waals surface area contributed by atoms with Crippen LogP contribution in [0.1, 0.15) is 51.9 Å². The molecule has 0 aromatic carbocycles. The number of hydrogen-bond donors (Lipinski definition) is 0. The first kappa shape index (κ1) is 17.3. The largest absolute Gasteiger partial charge is 0.345 e. The summed E-state index contributed by atoms with van der Waals surface area (Å²) in [4.78, 5) is 10.2. The maximum Gasteiger partial charge on any atom is 0.345 e. The lowest BCUT2D eigenvalue weighted by Crippen LogP contribution is -2.43. The SMILES string of the molecule is CCCCN(S(=O)(=O)N=C=O)S(=O)(=O)C1CCCCC1. The molecule has 7 nitrogen and oxygen atoms in total. The Balaban J connectivity index is 3.11. The zero-order chi connectivity index (χ0) is 15.2. The first-order chi connectivity index (χ1) is 9.36. The fourth-order valence-electron chi connectivity index (χ4n) is 2.28. The van der Waals surface area contributed by atoms with Gasteiger partial charge in [-0.1, -0.05) is 40.7 Å². The molecule has 1 fully saturated rings. The molecule has 0 unspecified atom stereocenters. The van der Waals surface area contributed by atoms with Crippen molar-refractivity contribution >= 4 is 26.3 Å². The van der Waals surface area contributed by atoms with Gasteiger partial charge in [-0.05, 0) is 19.3 Å². The van der Waals surface area contributed by atoms with Crippen molar-refractivity contribution in [3.8, 4) is 0 Å². The summed E-state index contributed by atoms with van der Waals surface area (Å²) < 4.78 is 51.7. The van der Waals surface area contributed by atoms with Gasteiger partial charge in [-0.25, -0.2) is 13.2 Å². The number of unbranched alkanes of at least 4 members (excludes halogenated alkanes) is 1. The highest BCUT2D eigenvalue weighted by atomic mass is 32.3. The molecule has 1 rings (SSSR count). The van der Waals surface area contributed by atoms with Crippen molar-refractivity contribution in [2.45, 2.75) is 57.1 Å². The Morgan fingerprint density at radius 2 is 1.75 bits per heavy atom. The molecule has 0 radical (unpaired) electrons. The highest BCUT2D eigenvalue weighted by molar-refractivity contribution is 8.03. The average molecular weight is 324 g/mol. The van der Waals surface area contributed by atoms with Gasteiger partial charge in [0.1, 0.15) is 0 Å². The van der Waals surface area contributed by atoms with Crippen LogP contribution in [0.25, 0.3) is 0 Å². The Morgan fingerprint density at radius 1 is 1.15 bits per heavy atom. The fraction of sp³-hybridized carbons (Fsp3) is 0.909. The summed E-state index contributed by atoms with van der Waals surface area (Å²) in [7, 11) is -8.51. The molecule has 0 amide bonds. The van der Waals surface area contributed by atoms with Gasteiger partial charge in [0.15, 0.2) is 0 Å². The zero-order valence-corrected chi connectivity index (χ0v) is 13.1. The second kappa shape index (κ2) is 7.31. The fourth-order valence-corrected chi connectivity index (χ4v) is 5.99. The van der Waals surface area contributed by atoms with Crippen LogP contribution in [0, 0.1) is 0 Å². The van der Waals surface area contributed by atoms with Crippen molar-refractivity contribution in [3.05, 3.63) is 0 Å². The third kappa shape index (κ3) is 4.12. The maximum absolute atomic E-state index is 12.5. The van der Waals surface area contributed by atoms with Gasteiger partial charge in [-0.2, -0.15) is 8.42 Å². The molecular weight excluding hydrogens is 304 g/mol. The van der Waals surface area contributed by atoms with E-state index in [-0.39, 0.29) is 6.54 Å². The molecule has 1 aliphatic rings. The van der Waals surface area contributed by atoms with Crippen LogP contribution in [0.5, 0.6) is 0 Å². The molecular formula is C11H20N2O5S2. The van der Waals surface area contributed by atoms with Crippen LogP contribution in [-0.2, 0) is 25.0 Å². The van der Waals surface area contributed by atoms with Crippen LogP contribution in [0.4, 0.5) is 0 Å². The quantitative estimate of drug-likeness (QED) is 0.519. The van der Waals surface area contributed by atoms with Crippen molar-refractivity contribution in [2.75, 3.05) is 6.54 Å². The van der Waals surface area contributed by atoms with E-state index in [4.69, 9.17) is 0 Å². The van der Waals surface area contributed by atoms with Gasteiger partial charge in [0.2, 0.25) is 10.0 Å². The van der Waals surface area contributed by atoms with Crippen LogP contribution >= 0.6 is 0 Å². The topological polar surface area (TPSA) is 101 Å². The lowest BCUT2D eigenvalue weighted by molar-refractivity contribution is 0.444. The monoisotopic (exact) mass is 324 g/mol. The normalized spacial score (nSPS) is 17.9. The van der Waals surface area contributed by atoms with Gasteiger partial charge in [0, 0.05) is 6.54 Å². The van der Waals surface area contributed by atoms with Gasteiger partial charge in [0.25, 0.3) is 6.08 Å². The van der Waals surface area contributed by atoms with Crippen LogP contribution in [-0.4, -0.2) is 38.4 Å².